The van der Waals surface area contributed by atoms with Crippen molar-refractivity contribution in [3.05, 3.63) is 17.1 Å². The number of furan rings is 1. The summed E-state index contributed by atoms with van der Waals surface area (Å²) in [5, 5.41) is 3.03. The van der Waals surface area contributed by atoms with E-state index < -0.39 is 10.0 Å². The van der Waals surface area contributed by atoms with Gasteiger partial charge in [-0.05, 0) is 39.7 Å². The van der Waals surface area contributed by atoms with E-state index in [1.54, 1.807) is 11.2 Å². The number of rotatable bonds is 7. The molecule has 6 heteroatoms. The van der Waals surface area contributed by atoms with Gasteiger partial charge in [0.25, 0.3) is 0 Å². The first-order valence-electron chi connectivity index (χ1n) is 7.54. The smallest absolute Gasteiger partial charge is 0.247 e. The molecule has 0 radical (unpaired) electrons. The Balaban J connectivity index is 2.47. The Hall–Kier alpha value is -0.850. The highest BCUT2D eigenvalue weighted by molar-refractivity contribution is 7.89. The monoisotopic (exact) mass is 314 g/mol. The number of nitrogens with zero attached hydrogens (tertiary/aromatic N) is 1. The van der Waals surface area contributed by atoms with Crippen LogP contribution < -0.4 is 5.32 Å². The van der Waals surface area contributed by atoms with E-state index in [0.717, 1.165) is 18.4 Å². The summed E-state index contributed by atoms with van der Waals surface area (Å²) in [6, 6.07) is 0.162. The molecule has 1 aliphatic carbocycles. The summed E-state index contributed by atoms with van der Waals surface area (Å²) in [6.07, 6.45) is 1.92. The van der Waals surface area contributed by atoms with E-state index in [9.17, 15) is 8.42 Å². The molecule has 0 saturated heterocycles. The molecule has 2 rings (SSSR count). The zero-order valence-electron chi connectivity index (χ0n) is 13.6. The van der Waals surface area contributed by atoms with Crippen LogP contribution in [0.3, 0.4) is 0 Å². The Labute approximate surface area is 127 Å². The lowest BCUT2D eigenvalue weighted by molar-refractivity contribution is 0.359. The minimum atomic E-state index is -3.50. The molecule has 5 nitrogen and oxygen atoms in total. The van der Waals surface area contributed by atoms with Gasteiger partial charge < -0.3 is 9.73 Å². The lowest BCUT2D eigenvalue weighted by Crippen LogP contribution is -2.36. The van der Waals surface area contributed by atoms with Crippen molar-refractivity contribution < 1.29 is 12.8 Å². The maximum Gasteiger partial charge on any atom is 0.247 e. The van der Waals surface area contributed by atoms with Crippen LogP contribution in [-0.2, 0) is 16.6 Å². The van der Waals surface area contributed by atoms with E-state index in [1.165, 1.54) is 0 Å². The molecule has 1 aromatic rings. The predicted molar refractivity (Wildman–Crippen MR) is 82.7 cm³/mol. The molecule has 0 amide bonds. The molecule has 0 aliphatic heterocycles. The molecular formula is C15H26N2O3S. The molecule has 1 N–H and O–H groups in total. The van der Waals surface area contributed by atoms with Crippen LogP contribution in [0.1, 0.15) is 43.8 Å². The van der Waals surface area contributed by atoms with Crippen molar-refractivity contribution in [3.63, 3.8) is 0 Å². The summed E-state index contributed by atoms with van der Waals surface area (Å²) in [6.45, 7) is 8.72. The number of aryl methyl sites for hydroxylation is 2. The molecule has 1 aromatic heterocycles. The molecule has 0 spiro atoms. The molecule has 120 valence electrons. The molecule has 21 heavy (non-hydrogen) atoms. The topological polar surface area (TPSA) is 62.6 Å². The summed E-state index contributed by atoms with van der Waals surface area (Å²) in [5.74, 6) is 1.48. The van der Waals surface area contributed by atoms with Gasteiger partial charge in [0.15, 0.2) is 0 Å². The van der Waals surface area contributed by atoms with Crippen LogP contribution >= 0.6 is 0 Å². The van der Waals surface area contributed by atoms with E-state index in [2.05, 4.69) is 5.32 Å². The van der Waals surface area contributed by atoms with Gasteiger partial charge in [-0.1, -0.05) is 13.8 Å². The average Bonchev–Trinajstić information content (AvgIpc) is 3.14. The number of hydrogen-bond donors (Lipinski definition) is 1. The van der Waals surface area contributed by atoms with Crippen LogP contribution in [0, 0.1) is 19.8 Å². The molecule has 0 aromatic carbocycles. The van der Waals surface area contributed by atoms with Gasteiger partial charge in [-0.25, -0.2) is 8.42 Å². The first-order chi connectivity index (χ1) is 9.78. The summed E-state index contributed by atoms with van der Waals surface area (Å²) in [5.41, 5.74) is 0.754. The van der Waals surface area contributed by atoms with E-state index in [-0.39, 0.29) is 6.04 Å². The quantitative estimate of drug-likeness (QED) is 0.839. The van der Waals surface area contributed by atoms with Gasteiger partial charge in [0.2, 0.25) is 10.0 Å². The highest BCUT2D eigenvalue weighted by Crippen LogP contribution is 2.36. The van der Waals surface area contributed by atoms with Crippen molar-refractivity contribution in [2.45, 2.75) is 58.0 Å². The van der Waals surface area contributed by atoms with Crippen molar-refractivity contribution in [1.29, 1.82) is 0 Å². The lowest BCUT2D eigenvalue weighted by Gasteiger charge is -2.24. The minimum Gasteiger partial charge on any atom is -0.465 e. The third kappa shape index (κ3) is 3.33. The third-order valence-corrected chi connectivity index (χ3v) is 5.86. The van der Waals surface area contributed by atoms with E-state index in [4.69, 9.17) is 4.42 Å². The molecule has 1 aliphatic rings. The molecule has 1 heterocycles. The Morgan fingerprint density at radius 1 is 1.29 bits per heavy atom. The van der Waals surface area contributed by atoms with Crippen molar-refractivity contribution in [3.8, 4) is 0 Å². The Bertz CT molecular complexity index is 601. The normalized spacial score (nSPS) is 16.1. The molecule has 1 saturated carbocycles. The maximum absolute atomic E-state index is 13.1. The second kappa shape index (κ2) is 6.10. The zero-order valence-corrected chi connectivity index (χ0v) is 14.4. The lowest BCUT2D eigenvalue weighted by atomic mass is 10.2. The van der Waals surface area contributed by atoms with Gasteiger partial charge in [-0.15, -0.1) is 0 Å². The highest BCUT2D eigenvalue weighted by atomic mass is 32.2. The fourth-order valence-corrected chi connectivity index (χ4v) is 4.98. The molecular weight excluding hydrogens is 288 g/mol. The van der Waals surface area contributed by atoms with E-state index in [1.807, 2.05) is 27.8 Å². The largest absolute Gasteiger partial charge is 0.465 e. The van der Waals surface area contributed by atoms with E-state index >= 15 is 0 Å². The van der Waals surface area contributed by atoms with Crippen molar-refractivity contribution in [2.24, 2.45) is 5.92 Å². The molecule has 0 bridgehead atoms. The summed E-state index contributed by atoms with van der Waals surface area (Å²) >= 11 is 0. The number of nitrogens with one attached hydrogen (secondary N) is 1. The van der Waals surface area contributed by atoms with Gasteiger partial charge in [0.05, 0.1) is 0 Å². The van der Waals surface area contributed by atoms with Crippen LogP contribution in [0.2, 0.25) is 0 Å². The fraction of sp³-hybridized carbons (Fsp3) is 0.733. The second-order valence-corrected chi connectivity index (χ2v) is 8.08. The van der Waals surface area contributed by atoms with Gasteiger partial charge in [-0.2, -0.15) is 4.31 Å². The molecule has 0 atom stereocenters. The fourth-order valence-electron chi connectivity index (χ4n) is 2.71. The third-order valence-electron chi connectivity index (χ3n) is 3.74. The maximum atomic E-state index is 13.1. The zero-order chi connectivity index (χ0) is 15.8. The van der Waals surface area contributed by atoms with Gasteiger partial charge in [-0.3, -0.25) is 0 Å². The summed E-state index contributed by atoms with van der Waals surface area (Å²) in [4.78, 5) is 0.363. The van der Waals surface area contributed by atoms with Crippen LogP contribution in [0.25, 0.3) is 0 Å². The Morgan fingerprint density at radius 3 is 2.38 bits per heavy atom. The predicted octanol–water partition coefficient (Wildman–Crippen LogP) is 2.42. The van der Waals surface area contributed by atoms with Crippen molar-refractivity contribution >= 4 is 10.0 Å². The van der Waals surface area contributed by atoms with Gasteiger partial charge in [0, 0.05) is 24.7 Å². The first-order valence-corrected chi connectivity index (χ1v) is 8.98. The Morgan fingerprint density at radius 2 is 1.90 bits per heavy atom. The van der Waals surface area contributed by atoms with Crippen LogP contribution in [0.4, 0.5) is 0 Å². The Kier molecular flexibility index (Phi) is 4.80. The van der Waals surface area contributed by atoms with Crippen molar-refractivity contribution in [2.75, 3.05) is 13.6 Å². The molecule has 1 fully saturated rings. The number of sulfonamides is 1. The summed E-state index contributed by atoms with van der Waals surface area (Å²) < 4.78 is 33.5. The average molecular weight is 314 g/mol. The highest BCUT2D eigenvalue weighted by Gasteiger charge is 2.41. The standard InChI is InChI=1S/C15H26N2O3S/c1-10(2)9-17(13-6-7-13)21(18,19)15-12(4)20-11(3)14(15)8-16-5/h10,13,16H,6-9H2,1-5H3. The number of hydrogen-bond acceptors (Lipinski definition) is 4. The SMILES string of the molecule is CNCc1c(C)oc(C)c1S(=O)(=O)N(CC(C)C)C1CC1. The van der Waals surface area contributed by atoms with Crippen LogP contribution in [-0.4, -0.2) is 32.4 Å². The molecule has 0 unspecified atom stereocenters. The van der Waals surface area contributed by atoms with E-state index in [0.29, 0.717) is 35.4 Å². The first kappa shape index (κ1) is 16.5. The van der Waals surface area contributed by atoms with Crippen molar-refractivity contribution in [1.82, 2.24) is 9.62 Å². The second-order valence-electron chi connectivity index (χ2n) is 6.25. The van der Waals surface area contributed by atoms with Gasteiger partial charge in [0.1, 0.15) is 16.4 Å². The van der Waals surface area contributed by atoms with Crippen LogP contribution in [0.15, 0.2) is 9.31 Å². The van der Waals surface area contributed by atoms with Crippen LogP contribution in [0.5, 0.6) is 0 Å². The summed E-state index contributed by atoms with van der Waals surface area (Å²) in [7, 11) is -1.69. The van der Waals surface area contributed by atoms with Gasteiger partial charge >= 0.3 is 0 Å². The minimum absolute atomic E-state index is 0.162.